The van der Waals surface area contributed by atoms with Gasteiger partial charge in [0.25, 0.3) is 5.91 Å². The molecule has 128 valence electrons. The molecule has 0 aliphatic heterocycles. The Morgan fingerprint density at radius 2 is 1.46 bits per heavy atom. The standard InChI is InChI=1S/C18H22N2O3S/c1-12-10-13(2)17(14(3)11-12)19-18(21)15-6-8-16(9-7-15)24(22,23)20(4)5/h6-11H,1-5H3,(H,19,21). The van der Waals surface area contributed by atoms with Crippen LogP contribution < -0.4 is 5.32 Å². The average molecular weight is 346 g/mol. The molecule has 1 amide bonds. The summed E-state index contributed by atoms with van der Waals surface area (Å²) < 4.78 is 25.2. The van der Waals surface area contributed by atoms with Gasteiger partial charge in [-0.25, -0.2) is 12.7 Å². The number of nitrogens with zero attached hydrogens (tertiary/aromatic N) is 1. The fourth-order valence-electron chi connectivity index (χ4n) is 2.55. The van der Waals surface area contributed by atoms with Gasteiger partial charge in [-0.2, -0.15) is 0 Å². The molecule has 0 unspecified atom stereocenters. The summed E-state index contributed by atoms with van der Waals surface area (Å²) in [5.74, 6) is -0.265. The van der Waals surface area contributed by atoms with Gasteiger partial charge in [-0.15, -0.1) is 0 Å². The summed E-state index contributed by atoms with van der Waals surface area (Å²) >= 11 is 0. The zero-order chi connectivity index (χ0) is 18.1. The molecular formula is C18H22N2O3S. The van der Waals surface area contributed by atoms with Crippen LogP contribution >= 0.6 is 0 Å². The molecule has 1 N–H and O–H groups in total. The van der Waals surface area contributed by atoms with Crippen LogP contribution in [0, 0.1) is 20.8 Å². The topological polar surface area (TPSA) is 66.5 Å². The molecule has 6 heteroatoms. The van der Waals surface area contributed by atoms with Crippen LogP contribution in [0.1, 0.15) is 27.0 Å². The summed E-state index contributed by atoms with van der Waals surface area (Å²) in [4.78, 5) is 12.6. The lowest BCUT2D eigenvalue weighted by molar-refractivity contribution is 0.102. The Kier molecular flexibility index (Phi) is 5.11. The number of aryl methyl sites for hydroxylation is 3. The van der Waals surface area contributed by atoms with E-state index in [1.807, 2.05) is 32.9 Å². The van der Waals surface area contributed by atoms with Gasteiger partial charge in [0.05, 0.1) is 4.90 Å². The molecule has 0 saturated carbocycles. The highest BCUT2D eigenvalue weighted by Gasteiger charge is 2.18. The number of hydrogen-bond donors (Lipinski definition) is 1. The zero-order valence-electron chi connectivity index (χ0n) is 14.5. The normalized spacial score (nSPS) is 11.6. The van der Waals surface area contributed by atoms with E-state index in [4.69, 9.17) is 0 Å². The first-order valence-corrected chi connectivity index (χ1v) is 8.98. The molecule has 24 heavy (non-hydrogen) atoms. The van der Waals surface area contributed by atoms with E-state index in [-0.39, 0.29) is 10.8 Å². The van der Waals surface area contributed by atoms with Crippen LogP contribution in [-0.2, 0) is 10.0 Å². The van der Waals surface area contributed by atoms with Gasteiger partial charge in [0.1, 0.15) is 0 Å². The first-order chi connectivity index (χ1) is 11.1. The minimum atomic E-state index is -3.49. The van der Waals surface area contributed by atoms with E-state index in [9.17, 15) is 13.2 Å². The second-order valence-electron chi connectivity index (χ2n) is 6.04. The largest absolute Gasteiger partial charge is 0.322 e. The number of benzene rings is 2. The van der Waals surface area contributed by atoms with E-state index in [0.29, 0.717) is 5.56 Å². The van der Waals surface area contributed by atoms with Gasteiger partial charge in [0, 0.05) is 25.3 Å². The lowest BCUT2D eigenvalue weighted by Gasteiger charge is -2.14. The molecule has 2 rings (SSSR count). The van der Waals surface area contributed by atoms with Gasteiger partial charge in [-0.05, 0) is 56.2 Å². The number of rotatable bonds is 4. The summed E-state index contributed by atoms with van der Waals surface area (Å²) in [6.07, 6.45) is 0. The van der Waals surface area contributed by atoms with Crippen molar-refractivity contribution in [2.75, 3.05) is 19.4 Å². The molecule has 2 aromatic carbocycles. The minimum Gasteiger partial charge on any atom is -0.322 e. The van der Waals surface area contributed by atoms with Crippen LogP contribution in [0.25, 0.3) is 0 Å². The summed E-state index contributed by atoms with van der Waals surface area (Å²) in [6.45, 7) is 5.90. The highest BCUT2D eigenvalue weighted by atomic mass is 32.2. The van der Waals surface area contributed by atoms with Crippen LogP contribution in [0.15, 0.2) is 41.3 Å². The summed E-state index contributed by atoms with van der Waals surface area (Å²) in [6, 6.07) is 9.94. The van der Waals surface area contributed by atoms with Crippen molar-refractivity contribution in [2.24, 2.45) is 0 Å². The Morgan fingerprint density at radius 3 is 1.92 bits per heavy atom. The summed E-state index contributed by atoms with van der Waals surface area (Å²) in [5.41, 5.74) is 4.32. The number of amides is 1. The predicted octanol–water partition coefficient (Wildman–Crippen LogP) is 3.11. The van der Waals surface area contributed by atoms with Gasteiger partial charge in [-0.1, -0.05) is 17.7 Å². The second kappa shape index (κ2) is 6.75. The van der Waals surface area contributed by atoms with Gasteiger partial charge in [0.15, 0.2) is 0 Å². The minimum absolute atomic E-state index is 0.159. The third kappa shape index (κ3) is 3.66. The number of carbonyl (C=O) groups is 1. The van der Waals surface area contributed by atoms with Crippen LogP contribution in [-0.4, -0.2) is 32.7 Å². The van der Waals surface area contributed by atoms with Crippen molar-refractivity contribution in [3.05, 3.63) is 58.7 Å². The van der Waals surface area contributed by atoms with E-state index in [2.05, 4.69) is 5.32 Å². The molecule has 0 spiro atoms. The van der Waals surface area contributed by atoms with Crippen molar-refractivity contribution in [3.63, 3.8) is 0 Å². The van der Waals surface area contributed by atoms with Crippen LogP contribution in [0.5, 0.6) is 0 Å². The molecule has 0 aliphatic rings. The number of sulfonamides is 1. The van der Waals surface area contributed by atoms with E-state index in [1.165, 1.54) is 38.4 Å². The molecule has 0 aliphatic carbocycles. The zero-order valence-corrected chi connectivity index (χ0v) is 15.4. The molecule has 0 radical (unpaired) electrons. The van der Waals surface area contributed by atoms with Crippen LogP contribution in [0.4, 0.5) is 5.69 Å². The highest BCUT2D eigenvalue weighted by molar-refractivity contribution is 7.89. The molecule has 0 fully saturated rings. The van der Waals surface area contributed by atoms with Crippen molar-refractivity contribution < 1.29 is 13.2 Å². The number of anilines is 1. The maximum Gasteiger partial charge on any atom is 0.255 e. The van der Waals surface area contributed by atoms with Gasteiger partial charge < -0.3 is 5.32 Å². The van der Waals surface area contributed by atoms with E-state index < -0.39 is 10.0 Å². The predicted molar refractivity (Wildman–Crippen MR) is 95.9 cm³/mol. The number of hydrogen-bond acceptors (Lipinski definition) is 3. The lowest BCUT2D eigenvalue weighted by atomic mass is 10.0. The monoisotopic (exact) mass is 346 g/mol. The van der Waals surface area contributed by atoms with Crippen molar-refractivity contribution in [1.82, 2.24) is 4.31 Å². The lowest BCUT2D eigenvalue weighted by Crippen LogP contribution is -2.22. The first kappa shape index (κ1) is 18.2. The average Bonchev–Trinajstić information content (AvgIpc) is 2.50. The molecule has 2 aromatic rings. The molecular weight excluding hydrogens is 324 g/mol. The Hall–Kier alpha value is -2.18. The molecule has 5 nitrogen and oxygen atoms in total. The van der Waals surface area contributed by atoms with Gasteiger partial charge in [-0.3, -0.25) is 4.79 Å². The fraction of sp³-hybridized carbons (Fsp3) is 0.278. The smallest absolute Gasteiger partial charge is 0.255 e. The summed E-state index contributed by atoms with van der Waals surface area (Å²) in [5, 5.41) is 2.90. The van der Waals surface area contributed by atoms with Gasteiger partial charge in [0.2, 0.25) is 10.0 Å². The molecule has 0 saturated heterocycles. The molecule has 0 heterocycles. The summed E-state index contributed by atoms with van der Waals surface area (Å²) in [7, 11) is -0.553. The van der Waals surface area contributed by atoms with Gasteiger partial charge >= 0.3 is 0 Å². The SMILES string of the molecule is Cc1cc(C)c(NC(=O)c2ccc(S(=O)(=O)N(C)C)cc2)c(C)c1. The van der Waals surface area contributed by atoms with Crippen LogP contribution in [0.2, 0.25) is 0 Å². The van der Waals surface area contributed by atoms with Crippen molar-refractivity contribution in [2.45, 2.75) is 25.7 Å². The fourth-order valence-corrected chi connectivity index (χ4v) is 3.45. The van der Waals surface area contributed by atoms with Crippen molar-refractivity contribution in [3.8, 4) is 0 Å². The number of carbonyl (C=O) groups excluding carboxylic acids is 1. The third-order valence-electron chi connectivity index (χ3n) is 3.81. The maximum absolute atomic E-state index is 12.4. The Bertz CT molecular complexity index is 847. The highest BCUT2D eigenvalue weighted by Crippen LogP contribution is 2.23. The maximum atomic E-state index is 12.4. The first-order valence-electron chi connectivity index (χ1n) is 7.54. The van der Waals surface area contributed by atoms with Crippen LogP contribution in [0.3, 0.4) is 0 Å². The molecule has 0 atom stereocenters. The molecule has 0 aromatic heterocycles. The third-order valence-corrected chi connectivity index (χ3v) is 5.64. The Labute approximate surface area is 143 Å². The quantitative estimate of drug-likeness (QED) is 0.925. The van der Waals surface area contributed by atoms with E-state index >= 15 is 0 Å². The van der Waals surface area contributed by atoms with Crippen molar-refractivity contribution in [1.29, 1.82) is 0 Å². The van der Waals surface area contributed by atoms with E-state index in [0.717, 1.165) is 26.7 Å². The van der Waals surface area contributed by atoms with Crippen molar-refractivity contribution >= 4 is 21.6 Å². The Balaban J connectivity index is 2.26. The number of nitrogens with one attached hydrogen (secondary N) is 1. The van der Waals surface area contributed by atoms with E-state index in [1.54, 1.807) is 0 Å². The second-order valence-corrected chi connectivity index (χ2v) is 8.19. The molecule has 0 bridgehead atoms. The Morgan fingerprint density at radius 1 is 0.958 bits per heavy atom.